The van der Waals surface area contributed by atoms with Crippen molar-refractivity contribution < 1.29 is 9.59 Å². The first-order valence-corrected chi connectivity index (χ1v) is 10.9. The lowest BCUT2D eigenvalue weighted by atomic mass is 10.1. The van der Waals surface area contributed by atoms with Gasteiger partial charge in [-0.05, 0) is 48.9 Å². The fourth-order valence-electron chi connectivity index (χ4n) is 3.15. The summed E-state index contributed by atoms with van der Waals surface area (Å²) in [5, 5.41) is 11.2. The maximum atomic E-state index is 12.2. The van der Waals surface area contributed by atoms with E-state index in [0.29, 0.717) is 16.9 Å². The number of hydrazone groups is 1. The summed E-state index contributed by atoms with van der Waals surface area (Å²) in [6.45, 7) is 1.90. The smallest absolute Gasteiger partial charge is 0.318 e. The molecule has 0 saturated carbocycles. The number of carbonyl (C=O) groups excluding carboxylic acids is 2. The van der Waals surface area contributed by atoms with Crippen LogP contribution in [0.2, 0.25) is 0 Å². The third-order valence-corrected chi connectivity index (χ3v) is 5.26. The van der Waals surface area contributed by atoms with Gasteiger partial charge >= 0.3 is 11.8 Å². The first-order valence-electron chi connectivity index (χ1n) is 10.1. The van der Waals surface area contributed by atoms with Gasteiger partial charge in [0, 0.05) is 27.5 Å². The lowest BCUT2D eigenvalue weighted by Gasteiger charge is -2.04. The summed E-state index contributed by atoms with van der Waals surface area (Å²) in [6.07, 6.45) is 3.29. The molecule has 164 valence electrons. The van der Waals surface area contributed by atoms with Gasteiger partial charge in [-0.1, -0.05) is 58.4 Å². The molecule has 0 aliphatic rings. The quantitative estimate of drug-likeness (QED) is 0.236. The Morgan fingerprint density at radius 3 is 2.45 bits per heavy atom. The highest BCUT2D eigenvalue weighted by atomic mass is 79.9. The Bertz CT molecular complexity index is 1310. The Labute approximate surface area is 199 Å². The van der Waals surface area contributed by atoms with E-state index in [1.165, 1.54) is 6.21 Å². The molecule has 0 bridgehead atoms. The molecule has 0 saturated heterocycles. The molecule has 2 N–H and O–H groups in total. The molecule has 1 heterocycles. The number of rotatable bonds is 5. The zero-order chi connectivity index (χ0) is 23.2. The predicted molar refractivity (Wildman–Crippen MR) is 132 cm³/mol. The molecule has 7 nitrogen and oxygen atoms in total. The average Bonchev–Trinajstić information content (AvgIpc) is 3.24. The van der Waals surface area contributed by atoms with Gasteiger partial charge in [0.15, 0.2) is 0 Å². The van der Waals surface area contributed by atoms with Crippen LogP contribution in [0.25, 0.3) is 16.9 Å². The van der Waals surface area contributed by atoms with Gasteiger partial charge in [-0.25, -0.2) is 10.1 Å². The Balaban J connectivity index is 1.53. The van der Waals surface area contributed by atoms with E-state index in [9.17, 15) is 9.59 Å². The van der Waals surface area contributed by atoms with Gasteiger partial charge in [-0.2, -0.15) is 10.2 Å². The molecule has 3 aromatic carbocycles. The van der Waals surface area contributed by atoms with Crippen LogP contribution in [0, 0.1) is 6.92 Å². The third kappa shape index (κ3) is 5.61. The highest BCUT2D eigenvalue weighted by Crippen LogP contribution is 2.24. The molecule has 0 spiro atoms. The first-order chi connectivity index (χ1) is 16.0. The van der Waals surface area contributed by atoms with Crippen molar-refractivity contribution in [1.29, 1.82) is 0 Å². The number of carbonyl (C=O) groups is 2. The second-order valence-corrected chi connectivity index (χ2v) is 8.16. The minimum absolute atomic E-state index is 0.542. The number of nitrogens with one attached hydrogen (secondary N) is 2. The number of aromatic nitrogens is 2. The van der Waals surface area contributed by atoms with Crippen LogP contribution in [0.15, 0.2) is 94.6 Å². The number of anilines is 1. The van der Waals surface area contributed by atoms with Crippen LogP contribution in [0.3, 0.4) is 0 Å². The largest absolute Gasteiger partial charge is 0.329 e. The van der Waals surface area contributed by atoms with Gasteiger partial charge in [0.05, 0.1) is 11.9 Å². The van der Waals surface area contributed by atoms with E-state index in [-0.39, 0.29) is 0 Å². The number of halogens is 1. The van der Waals surface area contributed by atoms with E-state index in [0.717, 1.165) is 21.3 Å². The predicted octanol–water partition coefficient (Wildman–Crippen LogP) is 4.70. The topological polar surface area (TPSA) is 88.4 Å². The van der Waals surface area contributed by atoms with Crippen LogP contribution in [-0.2, 0) is 9.59 Å². The van der Waals surface area contributed by atoms with Crippen LogP contribution in [0.4, 0.5) is 5.69 Å². The van der Waals surface area contributed by atoms with Crippen LogP contribution < -0.4 is 10.7 Å². The molecular formula is C25H20BrN5O2. The Morgan fingerprint density at radius 2 is 1.73 bits per heavy atom. The van der Waals surface area contributed by atoms with E-state index in [2.05, 4.69) is 31.8 Å². The summed E-state index contributed by atoms with van der Waals surface area (Å²) in [5.41, 5.74) is 6.94. The number of amides is 2. The molecule has 4 aromatic rings. The van der Waals surface area contributed by atoms with Crippen molar-refractivity contribution in [3.8, 4) is 16.9 Å². The Hall–Kier alpha value is -4.04. The minimum atomic E-state index is -0.867. The molecule has 33 heavy (non-hydrogen) atoms. The number of para-hydroxylation sites is 1. The van der Waals surface area contributed by atoms with Gasteiger partial charge in [-0.3, -0.25) is 9.59 Å². The second-order valence-electron chi connectivity index (χ2n) is 7.24. The first kappa shape index (κ1) is 22.2. The lowest BCUT2D eigenvalue weighted by molar-refractivity contribution is -0.136. The summed E-state index contributed by atoms with van der Waals surface area (Å²) in [7, 11) is 0. The van der Waals surface area contributed by atoms with Gasteiger partial charge in [0.1, 0.15) is 5.69 Å². The number of nitrogens with zero attached hydrogens (tertiary/aromatic N) is 3. The van der Waals surface area contributed by atoms with Crippen LogP contribution >= 0.6 is 15.9 Å². The summed E-state index contributed by atoms with van der Waals surface area (Å²) < 4.78 is 2.70. The molecule has 0 aliphatic heterocycles. The number of aryl methyl sites for hydroxylation is 1. The van der Waals surface area contributed by atoms with Gasteiger partial charge in [-0.15, -0.1) is 0 Å². The summed E-state index contributed by atoms with van der Waals surface area (Å²) >= 11 is 3.44. The van der Waals surface area contributed by atoms with Crippen molar-refractivity contribution in [1.82, 2.24) is 15.2 Å². The highest BCUT2D eigenvalue weighted by Gasteiger charge is 2.14. The van der Waals surface area contributed by atoms with Gasteiger partial charge < -0.3 is 5.32 Å². The Morgan fingerprint density at radius 1 is 0.970 bits per heavy atom. The molecule has 1 aromatic heterocycles. The van der Waals surface area contributed by atoms with E-state index in [4.69, 9.17) is 5.10 Å². The minimum Gasteiger partial charge on any atom is -0.318 e. The van der Waals surface area contributed by atoms with Crippen molar-refractivity contribution in [2.24, 2.45) is 5.10 Å². The van der Waals surface area contributed by atoms with Crippen LogP contribution in [0.1, 0.15) is 11.1 Å². The molecular weight excluding hydrogens is 482 g/mol. The Kier molecular flexibility index (Phi) is 6.75. The SMILES string of the molecule is Cc1cccc(NC(=O)C(=O)N/N=C/c2cn(-c3ccccc3)nc2-c2ccc(Br)cc2)c1. The monoisotopic (exact) mass is 501 g/mol. The average molecular weight is 502 g/mol. The maximum absolute atomic E-state index is 12.2. The molecule has 0 unspecified atom stereocenters. The van der Waals surface area contributed by atoms with Gasteiger partial charge in [0.25, 0.3) is 0 Å². The van der Waals surface area contributed by atoms with E-state index in [1.807, 2.05) is 73.8 Å². The summed E-state index contributed by atoms with van der Waals surface area (Å²) in [5.74, 6) is -1.67. The number of hydrogen-bond acceptors (Lipinski definition) is 4. The fraction of sp³-hybridized carbons (Fsp3) is 0.0400. The second kappa shape index (κ2) is 10.1. The highest BCUT2D eigenvalue weighted by molar-refractivity contribution is 9.10. The van der Waals surface area contributed by atoms with Crippen LogP contribution in [0.5, 0.6) is 0 Å². The molecule has 4 rings (SSSR count). The molecule has 0 aliphatic carbocycles. The van der Waals surface area contributed by atoms with E-state index in [1.54, 1.807) is 22.9 Å². The molecule has 0 radical (unpaired) electrons. The van der Waals surface area contributed by atoms with Crippen molar-refractivity contribution in [2.75, 3.05) is 5.32 Å². The summed E-state index contributed by atoms with van der Waals surface area (Å²) in [6, 6.07) is 24.6. The number of benzene rings is 3. The van der Waals surface area contributed by atoms with Crippen molar-refractivity contribution in [3.63, 3.8) is 0 Å². The fourth-order valence-corrected chi connectivity index (χ4v) is 3.41. The zero-order valence-corrected chi connectivity index (χ0v) is 19.3. The number of hydrogen-bond donors (Lipinski definition) is 2. The van der Waals surface area contributed by atoms with Crippen LogP contribution in [-0.4, -0.2) is 27.8 Å². The summed E-state index contributed by atoms with van der Waals surface area (Å²) in [4.78, 5) is 24.3. The van der Waals surface area contributed by atoms with E-state index < -0.39 is 11.8 Å². The standard InChI is InChI=1S/C25H20BrN5O2/c1-17-6-5-7-21(14-17)28-24(32)25(33)29-27-15-19-16-31(22-8-3-2-4-9-22)30-23(19)18-10-12-20(26)13-11-18/h2-16H,1H3,(H,28,32)(H,29,33)/b27-15+. The normalized spacial score (nSPS) is 10.8. The molecule has 0 fully saturated rings. The van der Waals surface area contributed by atoms with Crippen molar-refractivity contribution in [3.05, 3.63) is 101 Å². The van der Waals surface area contributed by atoms with E-state index >= 15 is 0 Å². The third-order valence-electron chi connectivity index (χ3n) is 4.73. The molecule has 2 amide bonds. The van der Waals surface area contributed by atoms with Crippen molar-refractivity contribution >= 4 is 39.6 Å². The van der Waals surface area contributed by atoms with Gasteiger partial charge in [0.2, 0.25) is 0 Å². The zero-order valence-electron chi connectivity index (χ0n) is 17.7. The molecule has 8 heteroatoms. The van der Waals surface area contributed by atoms with Crippen molar-refractivity contribution in [2.45, 2.75) is 6.92 Å². The maximum Gasteiger partial charge on any atom is 0.329 e. The molecule has 0 atom stereocenters. The lowest BCUT2D eigenvalue weighted by Crippen LogP contribution is -2.32.